The van der Waals surface area contributed by atoms with Crippen LogP contribution in [0.2, 0.25) is 0 Å². The lowest BCUT2D eigenvalue weighted by Gasteiger charge is -2.12. The number of hydrogen-bond donors (Lipinski definition) is 0. The second-order valence-electron chi connectivity index (χ2n) is 3.05. The Morgan fingerprint density at radius 3 is 2.77 bits per heavy atom. The molecule has 0 spiro atoms. The predicted molar refractivity (Wildman–Crippen MR) is 57.6 cm³/mol. The van der Waals surface area contributed by atoms with Gasteiger partial charge < -0.3 is 0 Å². The topological polar surface area (TPSA) is 0 Å². The van der Waals surface area contributed by atoms with Crippen LogP contribution in [0.4, 0.5) is 4.39 Å². The lowest BCUT2D eigenvalue weighted by molar-refractivity contribution is 0.464. The van der Waals surface area contributed by atoms with Gasteiger partial charge in [0.1, 0.15) is 0 Å². The van der Waals surface area contributed by atoms with E-state index in [1.54, 1.807) is 0 Å². The van der Waals surface area contributed by atoms with Gasteiger partial charge in [0.2, 0.25) is 0 Å². The third-order valence-electron chi connectivity index (χ3n) is 2.11. The van der Waals surface area contributed by atoms with E-state index in [-0.39, 0.29) is 5.92 Å². The quantitative estimate of drug-likeness (QED) is 0.756. The van der Waals surface area contributed by atoms with Gasteiger partial charge in [-0.05, 0) is 36.6 Å². The van der Waals surface area contributed by atoms with Gasteiger partial charge in [0.05, 0.1) is 6.67 Å². The fourth-order valence-electron chi connectivity index (χ4n) is 1.35. The summed E-state index contributed by atoms with van der Waals surface area (Å²) in [5, 5.41) is 0. The van der Waals surface area contributed by atoms with Crippen molar-refractivity contribution in [2.24, 2.45) is 0 Å². The highest BCUT2D eigenvalue weighted by Crippen LogP contribution is 2.24. The first-order valence-corrected chi connectivity index (χ1v) is 5.15. The first kappa shape index (κ1) is 10.7. The Morgan fingerprint density at radius 2 is 2.23 bits per heavy atom. The average molecular weight is 244 g/mol. The van der Waals surface area contributed by atoms with Crippen LogP contribution in [-0.2, 0) is 6.42 Å². The zero-order valence-electron chi connectivity index (χ0n) is 7.69. The van der Waals surface area contributed by atoms with Crippen molar-refractivity contribution < 1.29 is 4.39 Å². The molecular weight excluding hydrogens is 231 g/mol. The summed E-state index contributed by atoms with van der Waals surface area (Å²) in [6.07, 6.45) is 0.925. The van der Waals surface area contributed by atoms with Crippen LogP contribution >= 0.6 is 15.9 Å². The molecule has 0 aliphatic heterocycles. The first-order valence-electron chi connectivity index (χ1n) is 4.36. The molecule has 0 aliphatic carbocycles. The van der Waals surface area contributed by atoms with Gasteiger partial charge in [0, 0.05) is 10.4 Å². The molecule has 1 aromatic rings. The second-order valence-corrected chi connectivity index (χ2v) is 3.96. The summed E-state index contributed by atoms with van der Waals surface area (Å²) in [7, 11) is 0. The number of benzene rings is 1. The van der Waals surface area contributed by atoms with Crippen molar-refractivity contribution in [2.45, 2.75) is 19.3 Å². The minimum absolute atomic E-state index is 0.243. The van der Waals surface area contributed by atoms with Gasteiger partial charge >= 0.3 is 0 Å². The Bertz CT molecular complexity index is 283. The molecule has 0 nitrogen and oxygen atoms in total. The third-order valence-corrected chi connectivity index (χ3v) is 2.61. The van der Waals surface area contributed by atoms with Crippen LogP contribution in [0.1, 0.15) is 24.0 Å². The molecule has 0 saturated carbocycles. The summed E-state index contributed by atoms with van der Waals surface area (Å²) in [5.74, 6) is -0.243. The van der Waals surface area contributed by atoms with E-state index >= 15 is 0 Å². The van der Waals surface area contributed by atoms with E-state index in [2.05, 4.69) is 29.8 Å². The summed E-state index contributed by atoms with van der Waals surface area (Å²) in [6.45, 7) is 5.45. The Balaban J connectivity index is 3.07. The maximum absolute atomic E-state index is 12.4. The van der Waals surface area contributed by atoms with Crippen molar-refractivity contribution >= 4 is 15.9 Å². The molecule has 0 bridgehead atoms. The Morgan fingerprint density at radius 1 is 1.54 bits per heavy atom. The monoisotopic (exact) mass is 243 g/mol. The van der Waals surface area contributed by atoms with Crippen molar-refractivity contribution in [3.63, 3.8) is 0 Å². The molecule has 0 aromatic heterocycles. The number of rotatable bonds is 3. The van der Waals surface area contributed by atoms with E-state index in [4.69, 9.17) is 0 Å². The van der Waals surface area contributed by atoms with Crippen LogP contribution in [0, 0.1) is 6.92 Å². The minimum Gasteiger partial charge on any atom is -0.250 e. The van der Waals surface area contributed by atoms with E-state index in [0.717, 1.165) is 16.5 Å². The zero-order chi connectivity index (χ0) is 9.84. The van der Waals surface area contributed by atoms with E-state index in [9.17, 15) is 4.39 Å². The highest BCUT2D eigenvalue weighted by Gasteiger charge is 2.09. The maximum atomic E-state index is 12.4. The number of alkyl halides is 1. The van der Waals surface area contributed by atoms with Crippen LogP contribution in [0.5, 0.6) is 0 Å². The van der Waals surface area contributed by atoms with Crippen LogP contribution in [-0.4, -0.2) is 6.67 Å². The fourth-order valence-corrected chi connectivity index (χ4v) is 1.73. The van der Waals surface area contributed by atoms with Gasteiger partial charge in [-0.15, -0.1) is 0 Å². The summed E-state index contributed by atoms with van der Waals surface area (Å²) in [4.78, 5) is 0. The third kappa shape index (κ3) is 2.53. The van der Waals surface area contributed by atoms with Crippen LogP contribution < -0.4 is 0 Å². The number of hydrogen-bond acceptors (Lipinski definition) is 0. The largest absolute Gasteiger partial charge is 0.250 e. The van der Waals surface area contributed by atoms with Crippen LogP contribution in [0.3, 0.4) is 0 Å². The van der Waals surface area contributed by atoms with Crippen molar-refractivity contribution in [1.82, 2.24) is 0 Å². The molecule has 0 aliphatic rings. The number of aryl methyl sites for hydroxylation is 1. The highest BCUT2D eigenvalue weighted by molar-refractivity contribution is 9.10. The van der Waals surface area contributed by atoms with Crippen molar-refractivity contribution in [2.75, 3.05) is 6.67 Å². The Hall–Kier alpha value is -0.370. The summed E-state index contributed by atoms with van der Waals surface area (Å²) < 4.78 is 13.4. The van der Waals surface area contributed by atoms with Gasteiger partial charge in [0.25, 0.3) is 0 Å². The van der Waals surface area contributed by atoms with E-state index in [1.807, 2.05) is 18.2 Å². The lowest BCUT2D eigenvalue weighted by Crippen LogP contribution is -2.00. The molecule has 1 radical (unpaired) electrons. The molecule has 1 unspecified atom stereocenters. The molecule has 0 heterocycles. The van der Waals surface area contributed by atoms with Crippen LogP contribution in [0.25, 0.3) is 0 Å². The second kappa shape index (κ2) is 4.75. The van der Waals surface area contributed by atoms with Crippen LogP contribution in [0.15, 0.2) is 22.7 Å². The zero-order valence-corrected chi connectivity index (χ0v) is 9.27. The van der Waals surface area contributed by atoms with E-state index in [0.29, 0.717) is 0 Å². The summed E-state index contributed by atoms with van der Waals surface area (Å²) in [5.41, 5.74) is 2.19. The lowest BCUT2D eigenvalue weighted by atomic mass is 9.95. The molecule has 71 valence electrons. The normalized spacial score (nSPS) is 12.9. The molecular formula is C11H13BrF. The fraction of sp³-hybridized carbons (Fsp3) is 0.364. The Kier molecular flexibility index (Phi) is 3.91. The summed E-state index contributed by atoms with van der Waals surface area (Å²) >= 11 is 3.37. The average Bonchev–Trinajstić information content (AvgIpc) is 2.16. The molecule has 1 atom stereocenters. The SMILES string of the molecule is [CH2]C(CF)c1cc(Br)ccc1CC. The molecule has 2 heteroatoms. The van der Waals surface area contributed by atoms with Gasteiger partial charge in [0.15, 0.2) is 0 Å². The standard InChI is InChI=1S/C11H13BrF/c1-3-9-4-5-10(12)6-11(9)8(2)7-13/h4-6,8H,2-3,7H2,1H3. The predicted octanol–water partition coefficient (Wildman–Crippen LogP) is 3.90. The minimum atomic E-state index is -0.399. The molecule has 13 heavy (non-hydrogen) atoms. The molecule has 1 rings (SSSR count). The van der Waals surface area contributed by atoms with Gasteiger partial charge in [-0.1, -0.05) is 28.9 Å². The van der Waals surface area contributed by atoms with Crippen molar-refractivity contribution in [3.8, 4) is 0 Å². The molecule has 0 saturated heterocycles. The summed E-state index contributed by atoms with van der Waals surface area (Å²) in [6, 6.07) is 5.95. The smallest absolute Gasteiger partial charge is 0.0963 e. The van der Waals surface area contributed by atoms with Crippen molar-refractivity contribution in [1.29, 1.82) is 0 Å². The first-order chi connectivity index (χ1) is 6.19. The van der Waals surface area contributed by atoms with Gasteiger partial charge in [-0.3, -0.25) is 4.39 Å². The van der Waals surface area contributed by atoms with Crippen molar-refractivity contribution in [3.05, 3.63) is 40.7 Å². The molecule has 0 N–H and O–H groups in total. The molecule has 1 aromatic carbocycles. The van der Waals surface area contributed by atoms with E-state index in [1.165, 1.54) is 5.56 Å². The van der Waals surface area contributed by atoms with E-state index < -0.39 is 6.67 Å². The van der Waals surface area contributed by atoms with Gasteiger partial charge in [-0.2, -0.15) is 0 Å². The number of halogens is 2. The highest BCUT2D eigenvalue weighted by atomic mass is 79.9. The van der Waals surface area contributed by atoms with Gasteiger partial charge in [-0.25, -0.2) is 0 Å². The molecule has 0 fully saturated rings. The maximum Gasteiger partial charge on any atom is 0.0963 e. The Labute approximate surface area is 87.3 Å². The molecule has 0 amide bonds.